The first-order valence-corrected chi connectivity index (χ1v) is 9.68. The molecule has 5 heteroatoms. The molecule has 130 valence electrons. The van der Waals surface area contributed by atoms with Gasteiger partial charge >= 0.3 is 5.97 Å². The Labute approximate surface area is 151 Å². The van der Waals surface area contributed by atoms with Crippen molar-refractivity contribution in [3.05, 3.63) is 56.8 Å². The molecule has 4 nitrogen and oxygen atoms in total. The van der Waals surface area contributed by atoms with Gasteiger partial charge in [-0.2, -0.15) is 0 Å². The monoisotopic (exact) mass is 355 g/mol. The van der Waals surface area contributed by atoms with Crippen molar-refractivity contribution in [3.63, 3.8) is 0 Å². The molecular formula is C20H21NO3S. The lowest BCUT2D eigenvalue weighted by molar-refractivity contribution is -0.125. The van der Waals surface area contributed by atoms with Gasteiger partial charge in [-0.25, -0.2) is 4.79 Å². The van der Waals surface area contributed by atoms with E-state index in [1.54, 1.807) is 0 Å². The summed E-state index contributed by atoms with van der Waals surface area (Å²) >= 11 is 1.50. The normalized spacial score (nSPS) is 18.3. The number of benzene rings is 1. The van der Waals surface area contributed by atoms with E-state index in [-0.39, 0.29) is 18.6 Å². The molecule has 1 heterocycles. The summed E-state index contributed by atoms with van der Waals surface area (Å²) in [6.45, 7) is -0.222. The zero-order valence-corrected chi connectivity index (χ0v) is 14.9. The maximum Gasteiger partial charge on any atom is 0.348 e. The standard InChI is InChI=1S/C20H21NO3S/c22-19(21-16-9-3-6-13-5-1-2-8-15(13)16)12-24-20(23)18-11-14-7-4-10-17(14)25-18/h1-2,5,8,11,16H,3-4,6-7,9-10,12H2,(H,21,22)/t16-/m0/s1. The van der Waals surface area contributed by atoms with Gasteiger partial charge in [0.25, 0.3) is 5.91 Å². The van der Waals surface area contributed by atoms with Crippen LogP contribution in [0.4, 0.5) is 0 Å². The van der Waals surface area contributed by atoms with Crippen LogP contribution in [0.5, 0.6) is 0 Å². The SMILES string of the molecule is O=C(COC(=O)c1cc2c(s1)CCC2)N[C@H]1CCCc2ccccc21. The molecule has 1 aromatic heterocycles. The Morgan fingerprint density at radius 3 is 2.84 bits per heavy atom. The van der Waals surface area contributed by atoms with Crippen LogP contribution in [-0.4, -0.2) is 18.5 Å². The Hall–Kier alpha value is -2.14. The second kappa shape index (κ2) is 7.00. The van der Waals surface area contributed by atoms with Crippen LogP contribution in [-0.2, 0) is 28.8 Å². The number of hydrogen-bond donors (Lipinski definition) is 1. The van der Waals surface area contributed by atoms with Gasteiger partial charge in [-0.15, -0.1) is 11.3 Å². The van der Waals surface area contributed by atoms with Crippen LogP contribution < -0.4 is 5.32 Å². The van der Waals surface area contributed by atoms with E-state index in [2.05, 4.69) is 17.4 Å². The molecule has 1 atom stereocenters. The molecule has 0 spiro atoms. The van der Waals surface area contributed by atoms with Crippen molar-refractivity contribution < 1.29 is 14.3 Å². The molecule has 25 heavy (non-hydrogen) atoms. The predicted octanol–water partition coefficient (Wildman–Crippen LogP) is 3.59. The lowest BCUT2D eigenvalue weighted by Crippen LogP contribution is -2.34. The van der Waals surface area contributed by atoms with Crippen LogP contribution in [0.1, 0.15) is 56.5 Å². The Balaban J connectivity index is 1.33. The third-order valence-electron chi connectivity index (χ3n) is 4.99. The lowest BCUT2D eigenvalue weighted by Gasteiger charge is -2.26. The third kappa shape index (κ3) is 3.47. The topological polar surface area (TPSA) is 55.4 Å². The van der Waals surface area contributed by atoms with E-state index in [1.807, 2.05) is 18.2 Å². The Morgan fingerprint density at radius 1 is 1.12 bits per heavy atom. The van der Waals surface area contributed by atoms with Crippen molar-refractivity contribution in [1.29, 1.82) is 0 Å². The van der Waals surface area contributed by atoms with Crippen LogP contribution >= 0.6 is 11.3 Å². The Morgan fingerprint density at radius 2 is 1.96 bits per heavy atom. The van der Waals surface area contributed by atoms with Gasteiger partial charge in [0.05, 0.1) is 6.04 Å². The van der Waals surface area contributed by atoms with Crippen LogP contribution in [0, 0.1) is 0 Å². The molecular weight excluding hydrogens is 334 g/mol. The maximum atomic E-state index is 12.2. The summed E-state index contributed by atoms with van der Waals surface area (Å²) < 4.78 is 5.22. The maximum absolute atomic E-state index is 12.2. The highest BCUT2D eigenvalue weighted by molar-refractivity contribution is 7.14. The highest BCUT2D eigenvalue weighted by Gasteiger charge is 2.23. The Bertz CT molecular complexity index is 790. The number of carbonyl (C=O) groups is 2. The molecule has 0 aliphatic heterocycles. The first kappa shape index (κ1) is 16.3. The molecule has 2 aliphatic carbocycles. The van der Waals surface area contributed by atoms with Gasteiger partial charge in [-0.05, 0) is 61.3 Å². The molecule has 2 aromatic rings. The smallest absolute Gasteiger partial charge is 0.348 e. The van der Waals surface area contributed by atoms with Crippen LogP contribution in [0.3, 0.4) is 0 Å². The number of hydrogen-bond acceptors (Lipinski definition) is 4. The molecule has 0 saturated heterocycles. The summed E-state index contributed by atoms with van der Waals surface area (Å²) in [7, 11) is 0. The average molecular weight is 355 g/mol. The highest BCUT2D eigenvalue weighted by Crippen LogP contribution is 2.31. The summed E-state index contributed by atoms with van der Waals surface area (Å²) in [5.74, 6) is -0.627. The van der Waals surface area contributed by atoms with Gasteiger partial charge in [0.1, 0.15) is 4.88 Å². The molecule has 0 unspecified atom stereocenters. The molecule has 1 N–H and O–H groups in total. The lowest BCUT2D eigenvalue weighted by atomic mass is 9.88. The zero-order valence-electron chi connectivity index (χ0n) is 14.0. The molecule has 1 aromatic carbocycles. The molecule has 4 rings (SSSR count). The molecule has 0 fully saturated rings. The van der Waals surface area contributed by atoms with Crippen LogP contribution in [0.25, 0.3) is 0 Å². The third-order valence-corrected chi connectivity index (χ3v) is 6.20. The number of thiophene rings is 1. The molecule has 2 aliphatic rings. The van der Waals surface area contributed by atoms with E-state index < -0.39 is 5.97 Å². The summed E-state index contributed by atoms with van der Waals surface area (Å²) in [4.78, 5) is 26.3. The highest BCUT2D eigenvalue weighted by atomic mass is 32.1. The van der Waals surface area contributed by atoms with Gasteiger partial charge in [0.2, 0.25) is 0 Å². The van der Waals surface area contributed by atoms with Crippen LogP contribution in [0.2, 0.25) is 0 Å². The predicted molar refractivity (Wildman–Crippen MR) is 96.9 cm³/mol. The summed E-state index contributed by atoms with van der Waals surface area (Å²) in [6.07, 6.45) is 6.30. The van der Waals surface area contributed by atoms with Crippen molar-refractivity contribution >= 4 is 23.2 Å². The number of rotatable bonds is 4. The first-order chi connectivity index (χ1) is 12.2. The molecule has 0 radical (unpaired) electrons. The Kier molecular flexibility index (Phi) is 4.57. The number of ether oxygens (including phenoxy) is 1. The average Bonchev–Trinajstić information content (AvgIpc) is 3.22. The second-order valence-electron chi connectivity index (χ2n) is 6.70. The summed E-state index contributed by atoms with van der Waals surface area (Å²) in [5, 5.41) is 3.01. The van der Waals surface area contributed by atoms with E-state index >= 15 is 0 Å². The minimum atomic E-state index is -0.390. The number of aryl methyl sites for hydroxylation is 3. The van der Waals surface area contributed by atoms with E-state index in [1.165, 1.54) is 39.3 Å². The van der Waals surface area contributed by atoms with E-state index in [0.29, 0.717) is 4.88 Å². The first-order valence-electron chi connectivity index (χ1n) is 8.86. The molecule has 0 bridgehead atoms. The van der Waals surface area contributed by atoms with E-state index in [0.717, 1.165) is 32.1 Å². The van der Waals surface area contributed by atoms with Gasteiger partial charge in [0.15, 0.2) is 6.61 Å². The fraction of sp³-hybridized carbons (Fsp3) is 0.400. The van der Waals surface area contributed by atoms with Crippen LogP contribution in [0.15, 0.2) is 30.3 Å². The van der Waals surface area contributed by atoms with Gasteiger partial charge in [-0.3, -0.25) is 4.79 Å². The number of nitrogens with one attached hydrogen (secondary N) is 1. The van der Waals surface area contributed by atoms with Crippen molar-refractivity contribution in [2.75, 3.05) is 6.61 Å². The zero-order chi connectivity index (χ0) is 17.2. The molecule has 1 amide bonds. The fourth-order valence-corrected chi connectivity index (χ4v) is 4.92. The van der Waals surface area contributed by atoms with E-state index in [4.69, 9.17) is 4.74 Å². The van der Waals surface area contributed by atoms with Crippen molar-refractivity contribution in [1.82, 2.24) is 5.32 Å². The van der Waals surface area contributed by atoms with Gasteiger partial charge in [0, 0.05) is 4.88 Å². The summed E-state index contributed by atoms with van der Waals surface area (Å²) in [6, 6.07) is 10.1. The van der Waals surface area contributed by atoms with Crippen molar-refractivity contribution in [2.24, 2.45) is 0 Å². The number of fused-ring (bicyclic) bond motifs is 2. The largest absolute Gasteiger partial charge is 0.451 e. The number of esters is 1. The minimum Gasteiger partial charge on any atom is -0.451 e. The minimum absolute atomic E-state index is 0.0155. The van der Waals surface area contributed by atoms with Crippen molar-refractivity contribution in [3.8, 4) is 0 Å². The quantitative estimate of drug-likeness (QED) is 0.853. The van der Waals surface area contributed by atoms with Gasteiger partial charge in [-0.1, -0.05) is 24.3 Å². The van der Waals surface area contributed by atoms with Crippen molar-refractivity contribution in [2.45, 2.75) is 44.6 Å². The molecule has 0 saturated carbocycles. The van der Waals surface area contributed by atoms with E-state index in [9.17, 15) is 9.59 Å². The fourth-order valence-electron chi connectivity index (χ4n) is 3.77. The second-order valence-corrected chi connectivity index (χ2v) is 7.84. The number of amides is 1. The van der Waals surface area contributed by atoms with Gasteiger partial charge < -0.3 is 10.1 Å². The summed E-state index contributed by atoms with van der Waals surface area (Å²) in [5.41, 5.74) is 3.74. The number of carbonyl (C=O) groups excluding carboxylic acids is 2.